The highest BCUT2D eigenvalue weighted by molar-refractivity contribution is 6.31. The summed E-state index contributed by atoms with van der Waals surface area (Å²) < 4.78 is 35.2. The zero-order valence-corrected chi connectivity index (χ0v) is 40.1. The fourth-order valence-corrected chi connectivity index (χ4v) is 10.2. The van der Waals surface area contributed by atoms with Gasteiger partial charge in [0.05, 0.1) is 40.9 Å². The van der Waals surface area contributed by atoms with Crippen LogP contribution in [0, 0.1) is 34.4 Å². The molecule has 13 nitrogen and oxygen atoms in total. The minimum Gasteiger partial charge on any atom is -0.490 e. The first kappa shape index (κ1) is 49.3. The second-order valence-electron chi connectivity index (χ2n) is 19.3. The summed E-state index contributed by atoms with van der Waals surface area (Å²) in [4.78, 5) is 30.5. The number of piperidine rings is 1. The summed E-state index contributed by atoms with van der Waals surface area (Å²) in [6.07, 6.45) is 5.90. The Kier molecular flexibility index (Phi) is 15.8. The van der Waals surface area contributed by atoms with E-state index in [2.05, 4.69) is 59.9 Å². The fraction of sp³-hybridized carbons (Fsp3) is 0.549. The first-order valence-corrected chi connectivity index (χ1v) is 23.9. The molecule has 4 heterocycles. The molecular formula is C51H67ClFN7O6. The van der Waals surface area contributed by atoms with Crippen molar-refractivity contribution >= 4 is 29.0 Å². The Labute approximate surface area is 394 Å². The number of halogens is 2. The average molecular weight is 929 g/mol. The van der Waals surface area contributed by atoms with Gasteiger partial charge in [-0.05, 0) is 106 Å². The predicted molar refractivity (Wildman–Crippen MR) is 253 cm³/mol. The standard InChI is InChI=1S/C51H67ClFN7O6/c1-8-43(50(3,4)44(9-2)65-36-15-13-32(27-54)40(52)26-36)58-47(61)33-28-56-49(57-29-33)60-22-18-35(19-23-60)64-24-20-31-11-10-12-42(45(31)53)66-41-16-14-34(51(5,6)63)25-38(41)39-30-59(7)48(62)46-37(39)17-21-55-46/h10-16,25-26,30,33,35,37,43-44,46,49,55-57,63H,8-9,17-24,28-29H2,1-7H3,(H,58,61)/t33?,37?,43-,44-,46?,49?/m1/s1. The molecule has 2 unspecified atom stereocenters. The molecule has 0 spiro atoms. The summed E-state index contributed by atoms with van der Waals surface area (Å²) in [5.74, 6) is 0.395. The topological polar surface area (TPSA) is 160 Å². The number of nitriles is 1. The van der Waals surface area contributed by atoms with Crippen LogP contribution in [0.15, 0.2) is 60.8 Å². The number of nitrogens with zero attached hydrogens (tertiary/aromatic N) is 3. The van der Waals surface area contributed by atoms with Crippen molar-refractivity contribution in [3.8, 4) is 23.3 Å². The van der Waals surface area contributed by atoms with Gasteiger partial charge in [0.25, 0.3) is 0 Å². The highest BCUT2D eigenvalue weighted by atomic mass is 35.5. The molecule has 0 saturated carbocycles. The number of hydrogen-bond donors (Lipinski definition) is 5. The van der Waals surface area contributed by atoms with Gasteiger partial charge in [-0.1, -0.05) is 57.5 Å². The maximum atomic E-state index is 16.2. The van der Waals surface area contributed by atoms with Crippen molar-refractivity contribution in [2.75, 3.05) is 46.4 Å². The van der Waals surface area contributed by atoms with E-state index in [1.54, 1.807) is 74.3 Å². The molecule has 2 amide bonds. The van der Waals surface area contributed by atoms with Crippen LogP contribution in [0.5, 0.6) is 17.2 Å². The highest BCUT2D eigenvalue weighted by Crippen LogP contribution is 2.43. The molecule has 3 aromatic carbocycles. The van der Waals surface area contributed by atoms with Crippen molar-refractivity contribution < 1.29 is 33.3 Å². The van der Waals surface area contributed by atoms with Crippen molar-refractivity contribution in [2.24, 2.45) is 17.3 Å². The number of ether oxygens (including phenoxy) is 3. The lowest BCUT2D eigenvalue weighted by Gasteiger charge is -2.43. The molecule has 66 heavy (non-hydrogen) atoms. The highest BCUT2D eigenvalue weighted by Gasteiger charge is 2.42. The minimum atomic E-state index is -1.12. The van der Waals surface area contributed by atoms with Crippen LogP contribution < -0.4 is 30.7 Å². The zero-order valence-electron chi connectivity index (χ0n) is 39.4. The number of rotatable bonds is 17. The Balaban J connectivity index is 0.879. The van der Waals surface area contributed by atoms with E-state index >= 15 is 4.39 Å². The van der Waals surface area contributed by atoms with Gasteiger partial charge in [0, 0.05) is 68.4 Å². The van der Waals surface area contributed by atoms with Crippen molar-refractivity contribution in [3.05, 3.63) is 93.9 Å². The van der Waals surface area contributed by atoms with Gasteiger partial charge in [0.15, 0.2) is 11.6 Å². The third-order valence-corrected chi connectivity index (χ3v) is 14.4. The van der Waals surface area contributed by atoms with Crippen LogP contribution in [0.3, 0.4) is 0 Å². The monoisotopic (exact) mass is 927 g/mol. The number of nitrogens with one attached hydrogen (secondary N) is 4. The van der Waals surface area contributed by atoms with Crippen LogP contribution in [0.1, 0.15) is 95.9 Å². The molecule has 356 valence electrons. The molecule has 0 aromatic heterocycles. The maximum Gasteiger partial charge on any atom is 0.244 e. The first-order valence-electron chi connectivity index (χ1n) is 23.6. The van der Waals surface area contributed by atoms with Gasteiger partial charge in [-0.25, -0.2) is 4.39 Å². The molecule has 3 saturated heterocycles. The molecule has 3 aromatic rings. The van der Waals surface area contributed by atoms with Crippen LogP contribution >= 0.6 is 11.6 Å². The Bertz CT molecular complexity index is 2280. The van der Waals surface area contributed by atoms with E-state index in [-0.39, 0.29) is 60.0 Å². The van der Waals surface area contributed by atoms with Gasteiger partial charge in [-0.2, -0.15) is 5.26 Å². The smallest absolute Gasteiger partial charge is 0.244 e. The first-order chi connectivity index (χ1) is 31.5. The molecule has 5 N–H and O–H groups in total. The minimum absolute atomic E-state index is 0.000446. The van der Waals surface area contributed by atoms with Gasteiger partial charge in [0.2, 0.25) is 11.8 Å². The summed E-state index contributed by atoms with van der Waals surface area (Å²) in [5.41, 5.74) is 1.69. The summed E-state index contributed by atoms with van der Waals surface area (Å²) in [6, 6.07) is 17.3. The van der Waals surface area contributed by atoms with Crippen molar-refractivity contribution in [1.82, 2.24) is 31.1 Å². The predicted octanol–water partition coefficient (Wildman–Crippen LogP) is 7.06. The maximum absolute atomic E-state index is 16.2. The van der Waals surface area contributed by atoms with Crippen molar-refractivity contribution in [1.29, 1.82) is 5.26 Å². The van der Waals surface area contributed by atoms with E-state index in [0.717, 1.165) is 56.3 Å². The number of hydrogen-bond acceptors (Lipinski definition) is 11. The number of fused-ring (bicyclic) bond motifs is 1. The molecule has 4 aliphatic rings. The Morgan fingerprint density at radius 3 is 2.42 bits per heavy atom. The molecule has 4 atom stereocenters. The van der Waals surface area contributed by atoms with Gasteiger partial charge >= 0.3 is 0 Å². The molecule has 0 aliphatic carbocycles. The summed E-state index contributed by atoms with van der Waals surface area (Å²) in [6.45, 7) is 15.6. The van der Waals surface area contributed by atoms with Crippen molar-refractivity contribution in [3.63, 3.8) is 0 Å². The second-order valence-corrected chi connectivity index (χ2v) is 19.7. The Hall–Kier alpha value is -4.59. The number of likely N-dealkylation sites (N-methyl/N-ethyl adjacent to an activating group) is 1. The van der Waals surface area contributed by atoms with Gasteiger partial charge in [-0.15, -0.1) is 0 Å². The average Bonchev–Trinajstić information content (AvgIpc) is 3.80. The number of carbonyl (C=O) groups excluding carboxylic acids is 2. The fourth-order valence-electron chi connectivity index (χ4n) is 9.97. The molecule has 0 bridgehead atoms. The van der Waals surface area contributed by atoms with Crippen LogP contribution in [0.4, 0.5) is 4.39 Å². The van der Waals surface area contributed by atoms with E-state index in [1.807, 2.05) is 12.3 Å². The largest absolute Gasteiger partial charge is 0.490 e. The number of amides is 2. The van der Waals surface area contributed by atoms with Crippen LogP contribution in [0.25, 0.3) is 5.57 Å². The molecule has 0 radical (unpaired) electrons. The molecule has 7 rings (SSSR count). The molecule has 4 aliphatic heterocycles. The third-order valence-electron chi connectivity index (χ3n) is 14.0. The lowest BCUT2D eigenvalue weighted by atomic mass is 9.76. The quantitative estimate of drug-likeness (QED) is 0.0944. The van der Waals surface area contributed by atoms with Gasteiger partial charge in [-0.3, -0.25) is 25.1 Å². The van der Waals surface area contributed by atoms with Crippen LogP contribution in [-0.2, 0) is 26.3 Å². The molecular weight excluding hydrogens is 861 g/mol. The third kappa shape index (κ3) is 11.1. The van der Waals surface area contributed by atoms with Crippen molar-refractivity contribution in [2.45, 2.75) is 116 Å². The van der Waals surface area contributed by atoms with E-state index in [0.29, 0.717) is 65.9 Å². The lowest BCUT2D eigenvalue weighted by Crippen LogP contribution is -2.65. The Morgan fingerprint density at radius 1 is 1.02 bits per heavy atom. The normalized spacial score (nSPS) is 22.8. The number of likely N-dealkylation sites (tertiary alicyclic amines) is 1. The van der Waals surface area contributed by atoms with E-state index in [9.17, 15) is 20.0 Å². The Morgan fingerprint density at radius 2 is 1.76 bits per heavy atom. The van der Waals surface area contributed by atoms with E-state index < -0.39 is 16.8 Å². The number of carbonyl (C=O) groups is 2. The van der Waals surface area contributed by atoms with Gasteiger partial charge < -0.3 is 34.9 Å². The summed E-state index contributed by atoms with van der Waals surface area (Å²) in [5, 5.41) is 34.3. The zero-order chi connectivity index (χ0) is 47.3. The summed E-state index contributed by atoms with van der Waals surface area (Å²) >= 11 is 6.28. The molecule has 3 fully saturated rings. The lowest BCUT2D eigenvalue weighted by molar-refractivity contribution is -0.130. The van der Waals surface area contributed by atoms with Crippen LogP contribution in [-0.4, -0.2) is 104 Å². The van der Waals surface area contributed by atoms with Crippen LogP contribution in [0.2, 0.25) is 5.02 Å². The van der Waals surface area contributed by atoms with E-state index in [4.69, 9.17) is 25.8 Å². The number of aliphatic hydroxyl groups is 1. The summed E-state index contributed by atoms with van der Waals surface area (Å²) in [7, 11) is 1.74. The SMILES string of the molecule is CC[C@@H](NC(=O)C1CNC(N2CCC(OCCc3cccc(Oc4ccc(C(C)(C)O)cc4C4=CN(C)C(=O)C5NCCC45)c3F)CC2)NC1)C(C)(C)[C@@H](CC)Oc1ccc(C#N)c(Cl)c1. The van der Waals surface area contributed by atoms with Gasteiger partial charge in [0.1, 0.15) is 30.0 Å². The second kappa shape index (κ2) is 21.1. The molecule has 15 heteroatoms. The number of benzene rings is 3. The van der Waals surface area contributed by atoms with E-state index in [1.165, 1.54) is 0 Å².